The molecule has 1 N–H and O–H groups in total. The predicted octanol–water partition coefficient (Wildman–Crippen LogP) is 5.28. The molecule has 0 saturated carbocycles. The molecule has 0 saturated heterocycles. The Morgan fingerprint density at radius 1 is 1.19 bits per heavy atom. The van der Waals surface area contributed by atoms with Gasteiger partial charge in [-0.25, -0.2) is 8.78 Å². The van der Waals surface area contributed by atoms with Gasteiger partial charge < -0.3 is 10.1 Å². The molecule has 0 radical (unpaired) electrons. The highest BCUT2D eigenvalue weighted by Crippen LogP contribution is 2.34. The van der Waals surface area contributed by atoms with E-state index in [1.807, 2.05) is 6.92 Å². The van der Waals surface area contributed by atoms with Gasteiger partial charge in [0.2, 0.25) is 5.88 Å². The fourth-order valence-electron chi connectivity index (χ4n) is 1.55. The van der Waals surface area contributed by atoms with Crippen molar-refractivity contribution in [3.8, 4) is 11.6 Å². The topological polar surface area (TPSA) is 34.2 Å². The molecule has 0 fully saturated rings. The van der Waals surface area contributed by atoms with E-state index in [1.165, 1.54) is 6.07 Å². The maximum absolute atomic E-state index is 13.6. The Morgan fingerprint density at radius 3 is 2.67 bits per heavy atom. The van der Waals surface area contributed by atoms with Crippen molar-refractivity contribution in [2.45, 2.75) is 13.3 Å². The summed E-state index contributed by atoms with van der Waals surface area (Å²) < 4.78 is 31.9. The van der Waals surface area contributed by atoms with Crippen LogP contribution in [0.1, 0.15) is 13.3 Å². The van der Waals surface area contributed by atoms with Gasteiger partial charge >= 0.3 is 0 Å². The molecule has 0 atom stereocenters. The van der Waals surface area contributed by atoms with Crippen LogP contribution in [0.5, 0.6) is 11.6 Å². The van der Waals surface area contributed by atoms with Crippen molar-refractivity contribution < 1.29 is 13.5 Å². The molecule has 0 aliphatic heterocycles. The Balaban J connectivity index is 2.32. The third-order valence-corrected chi connectivity index (χ3v) is 3.10. The van der Waals surface area contributed by atoms with E-state index < -0.39 is 11.6 Å². The minimum absolute atomic E-state index is 0.0517. The van der Waals surface area contributed by atoms with Gasteiger partial charge in [-0.3, -0.25) is 0 Å². The second-order valence-electron chi connectivity index (χ2n) is 4.21. The zero-order valence-electron chi connectivity index (χ0n) is 11.1. The lowest BCUT2D eigenvalue weighted by molar-refractivity contribution is 0.423. The van der Waals surface area contributed by atoms with Crippen LogP contribution in [-0.4, -0.2) is 11.5 Å². The molecule has 0 aliphatic carbocycles. The molecule has 0 bridgehead atoms. The van der Waals surface area contributed by atoms with Crippen molar-refractivity contribution in [3.63, 3.8) is 0 Å². The summed E-state index contributed by atoms with van der Waals surface area (Å²) in [4.78, 5) is 4.09. The summed E-state index contributed by atoms with van der Waals surface area (Å²) in [6, 6.07) is 4.31. The van der Waals surface area contributed by atoms with Gasteiger partial charge in [-0.2, -0.15) is 4.98 Å². The van der Waals surface area contributed by atoms with Gasteiger partial charge in [0.25, 0.3) is 0 Å². The molecular formula is C14H12Cl2F2N2O. The number of benzene rings is 1. The highest BCUT2D eigenvalue weighted by atomic mass is 35.5. The normalized spacial score (nSPS) is 10.5. The SMILES string of the molecule is CCCNc1nc(Oc2cc(F)ccc2F)c(Cl)cc1Cl. The minimum atomic E-state index is -0.715. The summed E-state index contributed by atoms with van der Waals surface area (Å²) in [6.07, 6.45) is 0.870. The van der Waals surface area contributed by atoms with Crippen LogP contribution in [0.4, 0.5) is 14.6 Å². The molecule has 1 heterocycles. The number of hydrogen-bond donors (Lipinski definition) is 1. The highest BCUT2D eigenvalue weighted by molar-refractivity contribution is 6.36. The van der Waals surface area contributed by atoms with E-state index in [2.05, 4.69) is 10.3 Å². The smallest absolute Gasteiger partial charge is 0.240 e. The van der Waals surface area contributed by atoms with E-state index in [-0.39, 0.29) is 16.7 Å². The summed E-state index contributed by atoms with van der Waals surface area (Å²) in [5.74, 6) is -1.32. The lowest BCUT2D eigenvalue weighted by Crippen LogP contribution is -2.04. The van der Waals surface area contributed by atoms with E-state index in [1.54, 1.807) is 0 Å². The molecule has 7 heteroatoms. The molecule has 0 spiro atoms. The quantitative estimate of drug-likeness (QED) is 0.808. The lowest BCUT2D eigenvalue weighted by Gasteiger charge is -2.11. The van der Waals surface area contributed by atoms with Crippen molar-refractivity contribution in [2.75, 3.05) is 11.9 Å². The number of hydrogen-bond acceptors (Lipinski definition) is 3. The van der Waals surface area contributed by atoms with Crippen LogP contribution in [0, 0.1) is 11.6 Å². The molecule has 1 aromatic carbocycles. The molecule has 3 nitrogen and oxygen atoms in total. The van der Waals surface area contributed by atoms with Crippen LogP contribution < -0.4 is 10.1 Å². The molecule has 0 unspecified atom stereocenters. The van der Waals surface area contributed by atoms with Gasteiger partial charge in [-0.1, -0.05) is 30.1 Å². The first kappa shape index (κ1) is 15.8. The average molecular weight is 333 g/mol. The van der Waals surface area contributed by atoms with Crippen LogP contribution in [0.2, 0.25) is 10.0 Å². The van der Waals surface area contributed by atoms with Crippen LogP contribution in [-0.2, 0) is 0 Å². The summed E-state index contributed by atoms with van der Waals surface area (Å²) in [5, 5.41) is 3.41. The summed E-state index contributed by atoms with van der Waals surface area (Å²) >= 11 is 12.0. The maximum atomic E-state index is 13.6. The molecule has 2 rings (SSSR count). The van der Waals surface area contributed by atoms with Crippen molar-refractivity contribution in [1.82, 2.24) is 4.98 Å². The Morgan fingerprint density at radius 2 is 1.95 bits per heavy atom. The molecule has 112 valence electrons. The number of halogens is 4. The minimum Gasteiger partial charge on any atom is -0.434 e. The van der Waals surface area contributed by atoms with Crippen LogP contribution in [0.25, 0.3) is 0 Å². The Labute approximate surface area is 130 Å². The Bertz CT molecular complexity index is 653. The highest BCUT2D eigenvalue weighted by Gasteiger charge is 2.14. The predicted molar refractivity (Wildman–Crippen MR) is 79.5 cm³/mol. The van der Waals surface area contributed by atoms with Gasteiger partial charge in [0, 0.05) is 12.6 Å². The fraction of sp³-hybridized carbons (Fsp3) is 0.214. The van der Waals surface area contributed by atoms with E-state index in [0.717, 1.165) is 24.6 Å². The monoisotopic (exact) mass is 332 g/mol. The van der Waals surface area contributed by atoms with Crippen LogP contribution in [0.3, 0.4) is 0 Å². The van der Waals surface area contributed by atoms with E-state index in [9.17, 15) is 8.78 Å². The standard InChI is InChI=1S/C14H12Cl2F2N2O/c1-2-5-19-13-9(15)7-10(16)14(20-13)21-12-6-8(17)3-4-11(12)18/h3-4,6-7H,2,5H2,1H3,(H,19,20). The summed E-state index contributed by atoms with van der Waals surface area (Å²) in [7, 11) is 0. The number of aromatic nitrogens is 1. The number of anilines is 1. The van der Waals surface area contributed by atoms with Crippen molar-refractivity contribution in [2.24, 2.45) is 0 Å². The number of pyridine rings is 1. The molecular weight excluding hydrogens is 321 g/mol. The molecule has 1 aromatic heterocycles. The first-order valence-electron chi connectivity index (χ1n) is 6.24. The van der Waals surface area contributed by atoms with E-state index in [0.29, 0.717) is 17.4 Å². The number of rotatable bonds is 5. The van der Waals surface area contributed by atoms with Crippen LogP contribution >= 0.6 is 23.2 Å². The van der Waals surface area contributed by atoms with Gasteiger partial charge in [0.15, 0.2) is 11.6 Å². The molecule has 21 heavy (non-hydrogen) atoms. The first-order chi connectivity index (χ1) is 10.0. The molecule has 0 aliphatic rings. The van der Waals surface area contributed by atoms with Crippen molar-refractivity contribution in [1.29, 1.82) is 0 Å². The third-order valence-electron chi connectivity index (χ3n) is 2.54. The van der Waals surface area contributed by atoms with Crippen molar-refractivity contribution >= 4 is 29.0 Å². The van der Waals surface area contributed by atoms with Crippen molar-refractivity contribution in [3.05, 3.63) is 45.9 Å². The molecule has 0 amide bonds. The average Bonchev–Trinajstić information content (AvgIpc) is 2.44. The number of nitrogens with one attached hydrogen (secondary N) is 1. The van der Waals surface area contributed by atoms with E-state index >= 15 is 0 Å². The third kappa shape index (κ3) is 3.95. The Hall–Kier alpha value is -1.59. The maximum Gasteiger partial charge on any atom is 0.240 e. The second kappa shape index (κ2) is 6.91. The van der Waals surface area contributed by atoms with Gasteiger partial charge in [0.05, 0.1) is 5.02 Å². The summed E-state index contributed by atoms with van der Waals surface area (Å²) in [6.45, 7) is 2.64. The largest absolute Gasteiger partial charge is 0.434 e. The van der Waals surface area contributed by atoms with Crippen LogP contribution in [0.15, 0.2) is 24.3 Å². The fourth-order valence-corrected chi connectivity index (χ4v) is 2.01. The second-order valence-corrected chi connectivity index (χ2v) is 5.02. The van der Waals surface area contributed by atoms with Gasteiger partial charge in [-0.15, -0.1) is 0 Å². The number of ether oxygens (including phenoxy) is 1. The summed E-state index contributed by atoms with van der Waals surface area (Å²) in [5.41, 5.74) is 0. The Kier molecular flexibility index (Phi) is 5.20. The first-order valence-corrected chi connectivity index (χ1v) is 6.99. The zero-order chi connectivity index (χ0) is 15.4. The number of nitrogens with zero attached hydrogens (tertiary/aromatic N) is 1. The zero-order valence-corrected chi connectivity index (χ0v) is 12.6. The van der Waals surface area contributed by atoms with Gasteiger partial charge in [0.1, 0.15) is 16.7 Å². The van der Waals surface area contributed by atoms with E-state index in [4.69, 9.17) is 27.9 Å². The lowest BCUT2D eigenvalue weighted by atomic mass is 10.3. The van der Waals surface area contributed by atoms with Gasteiger partial charge in [-0.05, 0) is 24.6 Å². The molecule has 2 aromatic rings.